The summed E-state index contributed by atoms with van der Waals surface area (Å²) in [6.07, 6.45) is 0. The Labute approximate surface area is 117 Å². The number of benzene rings is 2. The lowest BCUT2D eigenvalue weighted by atomic mass is 10.1. The van der Waals surface area contributed by atoms with E-state index in [4.69, 9.17) is 0 Å². The Morgan fingerprint density at radius 3 is 2.42 bits per heavy atom. The first kappa shape index (κ1) is 13.6. The summed E-state index contributed by atoms with van der Waals surface area (Å²) >= 11 is 4.12. The molecule has 0 aliphatic carbocycles. The molecule has 19 heavy (non-hydrogen) atoms. The fourth-order valence-corrected chi connectivity index (χ4v) is 2.08. The molecule has 1 amide bonds. The summed E-state index contributed by atoms with van der Waals surface area (Å²) in [4.78, 5) is 12.7. The van der Waals surface area contributed by atoms with Crippen LogP contribution in [0.4, 0.5) is 10.1 Å². The summed E-state index contributed by atoms with van der Waals surface area (Å²) in [5.74, 6) is -1.02. The maximum Gasteiger partial charge on any atom is 0.258 e. The van der Waals surface area contributed by atoms with E-state index in [1.165, 1.54) is 18.2 Å². The molecule has 0 unspecified atom stereocenters. The van der Waals surface area contributed by atoms with Crippen LogP contribution < -0.4 is 5.32 Å². The molecule has 0 aliphatic heterocycles. The maximum atomic E-state index is 13.6. The molecule has 0 radical (unpaired) electrons. The normalized spacial score (nSPS) is 10.3. The van der Waals surface area contributed by atoms with Crippen LogP contribution in [-0.4, -0.2) is 5.91 Å². The number of amides is 1. The zero-order chi connectivity index (χ0) is 14.0. The van der Waals surface area contributed by atoms with E-state index < -0.39 is 11.7 Å². The first-order chi connectivity index (χ1) is 8.99. The van der Waals surface area contributed by atoms with E-state index in [1.807, 2.05) is 32.0 Å². The zero-order valence-electron chi connectivity index (χ0n) is 10.7. The molecule has 2 aromatic carbocycles. The number of anilines is 1. The molecule has 0 fully saturated rings. The van der Waals surface area contributed by atoms with Gasteiger partial charge in [0.25, 0.3) is 5.91 Å². The van der Waals surface area contributed by atoms with E-state index in [-0.39, 0.29) is 5.56 Å². The molecule has 2 rings (SSSR count). The van der Waals surface area contributed by atoms with E-state index in [0.29, 0.717) is 4.90 Å². The third-order valence-corrected chi connectivity index (χ3v) is 3.19. The average molecular weight is 275 g/mol. The fourth-order valence-electron chi connectivity index (χ4n) is 1.88. The SMILES string of the molecule is Cc1cccc(C)c1NC(=O)c1cc(S)ccc1F. The molecule has 0 aliphatic rings. The zero-order valence-corrected chi connectivity index (χ0v) is 11.6. The van der Waals surface area contributed by atoms with Crippen molar-refractivity contribution in [2.75, 3.05) is 5.32 Å². The summed E-state index contributed by atoms with van der Waals surface area (Å²) < 4.78 is 13.6. The Morgan fingerprint density at radius 1 is 1.16 bits per heavy atom. The molecule has 2 aromatic rings. The molecule has 0 spiro atoms. The van der Waals surface area contributed by atoms with Crippen LogP contribution in [0.1, 0.15) is 21.5 Å². The number of carbonyl (C=O) groups is 1. The van der Waals surface area contributed by atoms with Gasteiger partial charge in [0.05, 0.1) is 5.56 Å². The van der Waals surface area contributed by atoms with Crippen LogP contribution in [0.2, 0.25) is 0 Å². The number of hydrogen-bond acceptors (Lipinski definition) is 2. The van der Waals surface area contributed by atoms with Crippen LogP contribution in [0.25, 0.3) is 0 Å². The number of para-hydroxylation sites is 1. The van der Waals surface area contributed by atoms with Crippen molar-refractivity contribution in [2.45, 2.75) is 18.7 Å². The van der Waals surface area contributed by atoms with Gasteiger partial charge in [-0.2, -0.15) is 0 Å². The van der Waals surface area contributed by atoms with Gasteiger partial charge in [0.2, 0.25) is 0 Å². The number of carbonyl (C=O) groups excluding carboxylic acids is 1. The smallest absolute Gasteiger partial charge is 0.258 e. The van der Waals surface area contributed by atoms with Crippen LogP contribution >= 0.6 is 12.6 Å². The average Bonchev–Trinajstić information content (AvgIpc) is 2.37. The Bertz CT molecular complexity index is 620. The van der Waals surface area contributed by atoms with Gasteiger partial charge < -0.3 is 5.32 Å². The minimum absolute atomic E-state index is 0.00449. The van der Waals surface area contributed by atoms with Gasteiger partial charge in [-0.1, -0.05) is 18.2 Å². The van der Waals surface area contributed by atoms with Gasteiger partial charge in [0.1, 0.15) is 5.82 Å². The fraction of sp³-hybridized carbons (Fsp3) is 0.133. The van der Waals surface area contributed by atoms with Crippen molar-refractivity contribution in [3.8, 4) is 0 Å². The largest absolute Gasteiger partial charge is 0.321 e. The summed E-state index contributed by atoms with van der Waals surface area (Å²) in [7, 11) is 0. The minimum atomic E-state index is -0.554. The van der Waals surface area contributed by atoms with Crippen molar-refractivity contribution >= 4 is 24.2 Å². The molecule has 0 heterocycles. The van der Waals surface area contributed by atoms with Crippen molar-refractivity contribution in [3.05, 3.63) is 58.9 Å². The van der Waals surface area contributed by atoms with Gasteiger partial charge >= 0.3 is 0 Å². The second kappa shape index (κ2) is 5.45. The Hall–Kier alpha value is -1.81. The molecular formula is C15H14FNOS. The predicted octanol–water partition coefficient (Wildman–Crippen LogP) is 3.98. The van der Waals surface area contributed by atoms with Crippen LogP contribution in [0.15, 0.2) is 41.3 Å². The molecule has 98 valence electrons. The monoisotopic (exact) mass is 275 g/mol. The number of thiol groups is 1. The topological polar surface area (TPSA) is 29.1 Å². The van der Waals surface area contributed by atoms with Crippen molar-refractivity contribution < 1.29 is 9.18 Å². The van der Waals surface area contributed by atoms with Crippen molar-refractivity contribution in [1.29, 1.82) is 0 Å². The molecule has 2 nitrogen and oxygen atoms in total. The minimum Gasteiger partial charge on any atom is -0.321 e. The summed E-state index contributed by atoms with van der Waals surface area (Å²) in [5.41, 5.74) is 2.60. The van der Waals surface area contributed by atoms with E-state index in [0.717, 1.165) is 16.8 Å². The number of hydrogen-bond donors (Lipinski definition) is 2. The van der Waals surface area contributed by atoms with E-state index in [1.54, 1.807) is 0 Å². The maximum absolute atomic E-state index is 13.6. The Kier molecular flexibility index (Phi) is 3.90. The number of nitrogens with one attached hydrogen (secondary N) is 1. The number of halogens is 1. The van der Waals surface area contributed by atoms with Gasteiger partial charge in [-0.15, -0.1) is 12.6 Å². The Morgan fingerprint density at radius 2 is 1.79 bits per heavy atom. The molecular weight excluding hydrogens is 261 g/mol. The van der Waals surface area contributed by atoms with Gasteiger partial charge in [-0.25, -0.2) is 4.39 Å². The first-order valence-corrected chi connectivity index (χ1v) is 6.30. The summed E-state index contributed by atoms with van der Waals surface area (Å²) in [5, 5.41) is 2.75. The van der Waals surface area contributed by atoms with Gasteiger partial charge in [0, 0.05) is 10.6 Å². The molecule has 4 heteroatoms. The molecule has 0 aromatic heterocycles. The van der Waals surface area contributed by atoms with E-state index >= 15 is 0 Å². The summed E-state index contributed by atoms with van der Waals surface area (Å²) in [6.45, 7) is 3.79. The predicted molar refractivity (Wildman–Crippen MR) is 77.5 cm³/mol. The quantitative estimate of drug-likeness (QED) is 0.797. The van der Waals surface area contributed by atoms with Crippen molar-refractivity contribution in [3.63, 3.8) is 0 Å². The lowest BCUT2D eigenvalue weighted by molar-refractivity contribution is 0.102. The second-order valence-corrected chi connectivity index (χ2v) is 4.90. The second-order valence-electron chi connectivity index (χ2n) is 4.39. The molecule has 0 saturated carbocycles. The highest BCUT2D eigenvalue weighted by Gasteiger charge is 2.14. The first-order valence-electron chi connectivity index (χ1n) is 5.85. The van der Waals surface area contributed by atoms with E-state index in [2.05, 4.69) is 17.9 Å². The highest BCUT2D eigenvalue weighted by atomic mass is 32.1. The third-order valence-electron chi connectivity index (χ3n) is 2.91. The lowest BCUT2D eigenvalue weighted by Gasteiger charge is -2.12. The van der Waals surface area contributed by atoms with Gasteiger partial charge in [0.15, 0.2) is 0 Å². The van der Waals surface area contributed by atoms with Crippen LogP contribution in [0.3, 0.4) is 0 Å². The molecule has 0 bridgehead atoms. The van der Waals surface area contributed by atoms with Gasteiger partial charge in [-0.05, 0) is 43.2 Å². The van der Waals surface area contributed by atoms with E-state index in [9.17, 15) is 9.18 Å². The van der Waals surface area contributed by atoms with Crippen molar-refractivity contribution in [2.24, 2.45) is 0 Å². The van der Waals surface area contributed by atoms with Crippen LogP contribution in [0, 0.1) is 19.7 Å². The highest BCUT2D eigenvalue weighted by Crippen LogP contribution is 2.21. The molecule has 0 saturated heterocycles. The molecule has 1 N–H and O–H groups in total. The van der Waals surface area contributed by atoms with Crippen LogP contribution in [0.5, 0.6) is 0 Å². The summed E-state index contributed by atoms with van der Waals surface area (Å²) in [6, 6.07) is 9.87. The lowest BCUT2D eigenvalue weighted by Crippen LogP contribution is -2.15. The highest BCUT2D eigenvalue weighted by molar-refractivity contribution is 7.80. The van der Waals surface area contributed by atoms with Gasteiger partial charge in [-0.3, -0.25) is 4.79 Å². The number of aryl methyl sites for hydroxylation is 2. The Balaban J connectivity index is 2.34. The van der Waals surface area contributed by atoms with Crippen LogP contribution in [-0.2, 0) is 0 Å². The standard InChI is InChI=1S/C15H14FNOS/c1-9-4-3-5-10(2)14(9)17-15(18)12-8-11(19)6-7-13(12)16/h3-8,19H,1-2H3,(H,17,18). The molecule has 0 atom stereocenters. The number of rotatable bonds is 2. The van der Waals surface area contributed by atoms with Crippen molar-refractivity contribution in [1.82, 2.24) is 0 Å². The third kappa shape index (κ3) is 2.96.